The van der Waals surface area contributed by atoms with Crippen LogP contribution in [0.15, 0.2) is 75.9 Å². The molecule has 0 aliphatic carbocycles. The summed E-state index contributed by atoms with van der Waals surface area (Å²) in [5.41, 5.74) is 2.66. The van der Waals surface area contributed by atoms with Crippen molar-refractivity contribution in [3.63, 3.8) is 0 Å². The minimum Gasteiger partial charge on any atom is -0.497 e. The molecular weight excluding hydrogens is 388 g/mol. The molecule has 0 atom stereocenters. The molecule has 2 heterocycles. The lowest BCUT2D eigenvalue weighted by molar-refractivity contribution is 0.122. The summed E-state index contributed by atoms with van der Waals surface area (Å²) >= 11 is 0. The van der Waals surface area contributed by atoms with E-state index < -0.39 is 0 Å². The van der Waals surface area contributed by atoms with Crippen molar-refractivity contribution in [3.8, 4) is 5.75 Å². The van der Waals surface area contributed by atoms with Crippen LogP contribution < -0.4 is 10.4 Å². The largest absolute Gasteiger partial charge is 0.497 e. The SMILES string of the molecule is COc1ccc2c(CN3CCN(Cc4cccc5ccccc45)CC3)cc(=O)oc2c1. The molecule has 158 valence electrons. The Bertz CT molecular complexity index is 1270. The zero-order chi connectivity index (χ0) is 21.2. The van der Waals surface area contributed by atoms with Crippen LogP contribution in [-0.4, -0.2) is 43.1 Å². The van der Waals surface area contributed by atoms with E-state index in [2.05, 4.69) is 52.3 Å². The van der Waals surface area contributed by atoms with E-state index in [1.54, 1.807) is 19.2 Å². The maximum atomic E-state index is 12.1. The smallest absolute Gasteiger partial charge is 0.336 e. The van der Waals surface area contributed by atoms with Gasteiger partial charge in [0.1, 0.15) is 11.3 Å². The van der Waals surface area contributed by atoms with Gasteiger partial charge in [-0.15, -0.1) is 0 Å². The van der Waals surface area contributed by atoms with Crippen LogP contribution in [0.3, 0.4) is 0 Å². The fourth-order valence-electron chi connectivity index (χ4n) is 4.49. The zero-order valence-electron chi connectivity index (χ0n) is 17.7. The number of benzene rings is 3. The fraction of sp³-hybridized carbons (Fsp3) is 0.269. The zero-order valence-corrected chi connectivity index (χ0v) is 17.7. The van der Waals surface area contributed by atoms with E-state index in [4.69, 9.17) is 9.15 Å². The van der Waals surface area contributed by atoms with E-state index in [1.807, 2.05) is 12.1 Å². The van der Waals surface area contributed by atoms with E-state index in [9.17, 15) is 4.79 Å². The van der Waals surface area contributed by atoms with Crippen molar-refractivity contribution in [2.75, 3.05) is 33.3 Å². The van der Waals surface area contributed by atoms with Crippen LogP contribution in [-0.2, 0) is 13.1 Å². The first-order valence-electron chi connectivity index (χ1n) is 10.7. The molecule has 1 saturated heterocycles. The second kappa shape index (κ2) is 8.53. The summed E-state index contributed by atoms with van der Waals surface area (Å²) in [5, 5.41) is 3.61. The maximum absolute atomic E-state index is 12.1. The second-order valence-corrected chi connectivity index (χ2v) is 8.14. The second-order valence-electron chi connectivity index (χ2n) is 8.14. The molecule has 1 fully saturated rings. The lowest BCUT2D eigenvalue weighted by atomic mass is 10.0. The molecule has 0 bridgehead atoms. The third-order valence-electron chi connectivity index (χ3n) is 6.17. The number of piperazine rings is 1. The number of ether oxygens (including phenoxy) is 1. The van der Waals surface area contributed by atoms with E-state index in [0.29, 0.717) is 11.3 Å². The molecule has 5 rings (SSSR count). The predicted octanol–water partition coefficient (Wildman–Crippen LogP) is 4.27. The summed E-state index contributed by atoms with van der Waals surface area (Å²) in [7, 11) is 1.61. The van der Waals surface area contributed by atoms with Crippen LogP contribution in [0.1, 0.15) is 11.1 Å². The first kappa shape index (κ1) is 19.8. The van der Waals surface area contributed by atoms with Crippen LogP contribution in [0.25, 0.3) is 21.7 Å². The molecule has 1 aromatic heterocycles. The summed E-state index contributed by atoms with van der Waals surface area (Å²) < 4.78 is 10.7. The summed E-state index contributed by atoms with van der Waals surface area (Å²) in [5.74, 6) is 0.690. The third-order valence-corrected chi connectivity index (χ3v) is 6.17. The molecule has 5 nitrogen and oxygen atoms in total. The highest BCUT2D eigenvalue weighted by atomic mass is 16.5. The number of fused-ring (bicyclic) bond motifs is 2. The molecule has 0 unspecified atom stereocenters. The van der Waals surface area contributed by atoms with Crippen LogP contribution >= 0.6 is 0 Å². The molecule has 0 amide bonds. The van der Waals surface area contributed by atoms with Crippen molar-refractivity contribution in [1.82, 2.24) is 9.80 Å². The van der Waals surface area contributed by atoms with Gasteiger partial charge in [-0.3, -0.25) is 9.80 Å². The van der Waals surface area contributed by atoms with Crippen molar-refractivity contribution in [2.24, 2.45) is 0 Å². The average Bonchev–Trinajstić information content (AvgIpc) is 2.80. The molecule has 0 radical (unpaired) electrons. The predicted molar refractivity (Wildman–Crippen MR) is 124 cm³/mol. The Morgan fingerprint density at radius 3 is 2.29 bits per heavy atom. The summed E-state index contributed by atoms with van der Waals surface area (Å²) in [4.78, 5) is 17.0. The quantitative estimate of drug-likeness (QED) is 0.457. The van der Waals surface area contributed by atoms with E-state index in [0.717, 1.165) is 50.2 Å². The van der Waals surface area contributed by atoms with Gasteiger partial charge < -0.3 is 9.15 Å². The topological polar surface area (TPSA) is 45.9 Å². The molecule has 0 saturated carbocycles. The number of rotatable bonds is 5. The molecule has 1 aliphatic rings. The Hall–Kier alpha value is -3.15. The Morgan fingerprint density at radius 2 is 1.52 bits per heavy atom. The Kier molecular flexibility index (Phi) is 5.45. The lowest BCUT2D eigenvalue weighted by Crippen LogP contribution is -2.45. The number of nitrogens with zero attached hydrogens (tertiary/aromatic N) is 2. The third kappa shape index (κ3) is 4.20. The highest BCUT2D eigenvalue weighted by Crippen LogP contribution is 2.24. The highest BCUT2D eigenvalue weighted by Gasteiger charge is 2.19. The van der Waals surface area contributed by atoms with Gasteiger partial charge in [-0.2, -0.15) is 0 Å². The van der Waals surface area contributed by atoms with Gasteiger partial charge in [-0.1, -0.05) is 42.5 Å². The van der Waals surface area contributed by atoms with Crippen molar-refractivity contribution in [2.45, 2.75) is 13.1 Å². The molecule has 0 N–H and O–H groups in total. The van der Waals surface area contributed by atoms with Crippen molar-refractivity contribution in [1.29, 1.82) is 0 Å². The molecule has 4 aromatic rings. The minimum atomic E-state index is -0.314. The molecule has 3 aromatic carbocycles. The number of methoxy groups -OCH3 is 1. The highest BCUT2D eigenvalue weighted by molar-refractivity contribution is 5.85. The normalized spacial score (nSPS) is 15.5. The monoisotopic (exact) mass is 414 g/mol. The minimum absolute atomic E-state index is 0.314. The summed E-state index contributed by atoms with van der Waals surface area (Å²) in [6.45, 7) is 5.68. The van der Waals surface area contributed by atoms with Gasteiger partial charge in [-0.05, 0) is 34.0 Å². The van der Waals surface area contributed by atoms with Gasteiger partial charge in [0.15, 0.2) is 0 Å². The van der Waals surface area contributed by atoms with Gasteiger partial charge in [0, 0.05) is 56.8 Å². The summed E-state index contributed by atoms with van der Waals surface area (Å²) in [6.07, 6.45) is 0. The fourth-order valence-corrected chi connectivity index (χ4v) is 4.49. The van der Waals surface area contributed by atoms with Crippen LogP contribution in [0.2, 0.25) is 0 Å². The van der Waals surface area contributed by atoms with Gasteiger partial charge in [-0.25, -0.2) is 4.79 Å². The standard InChI is InChI=1S/C26H26N2O3/c1-30-22-9-10-24-21(15-26(29)31-25(24)16-22)18-28-13-11-27(12-14-28)17-20-7-4-6-19-5-2-3-8-23(19)20/h2-10,15-16H,11-14,17-18H2,1H3. The molecule has 5 heteroatoms. The summed E-state index contributed by atoms with van der Waals surface area (Å²) in [6, 6.07) is 22.4. The van der Waals surface area contributed by atoms with Gasteiger partial charge in [0.25, 0.3) is 0 Å². The van der Waals surface area contributed by atoms with Gasteiger partial charge in [0.05, 0.1) is 7.11 Å². The molecule has 0 spiro atoms. The Morgan fingerprint density at radius 1 is 0.806 bits per heavy atom. The van der Waals surface area contributed by atoms with E-state index in [1.165, 1.54) is 16.3 Å². The van der Waals surface area contributed by atoms with Crippen molar-refractivity contribution >= 4 is 21.7 Å². The van der Waals surface area contributed by atoms with E-state index in [-0.39, 0.29) is 5.63 Å². The molecular formula is C26H26N2O3. The van der Waals surface area contributed by atoms with Gasteiger partial charge in [0.2, 0.25) is 0 Å². The van der Waals surface area contributed by atoms with Crippen LogP contribution in [0, 0.1) is 0 Å². The van der Waals surface area contributed by atoms with Crippen molar-refractivity contribution in [3.05, 3.63) is 88.3 Å². The number of hydrogen-bond acceptors (Lipinski definition) is 5. The Balaban J connectivity index is 1.28. The number of hydrogen-bond donors (Lipinski definition) is 0. The van der Waals surface area contributed by atoms with Crippen LogP contribution in [0.4, 0.5) is 0 Å². The maximum Gasteiger partial charge on any atom is 0.336 e. The first-order chi connectivity index (χ1) is 15.2. The Labute approximate surface area is 181 Å². The lowest BCUT2D eigenvalue weighted by Gasteiger charge is -2.35. The average molecular weight is 415 g/mol. The molecule has 31 heavy (non-hydrogen) atoms. The van der Waals surface area contributed by atoms with Crippen molar-refractivity contribution < 1.29 is 9.15 Å². The van der Waals surface area contributed by atoms with E-state index >= 15 is 0 Å². The molecule has 1 aliphatic heterocycles. The first-order valence-corrected chi connectivity index (χ1v) is 10.7. The van der Waals surface area contributed by atoms with Crippen LogP contribution in [0.5, 0.6) is 5.75 Å². The van der Waals surface area contributed by atoms with Gasteiger partial charge >= 0.3 is 5.63 Å².